The molecule has 0 spiro atoms. The smallest absolute Gasteiger partial charge is 0.348 e. The highest BCUT2D eigenvalue weighted by Crippen LogP contribution is 2.37. The molecule has 0 radical (unpaired) electrons. The van der Waals surface area contributed by atoms with Gasteiger partial charge in [0.05, 0.1) is 0 Å². The van der Waals surface area contributed by atoms with Crippen molar-refractivity contribution in [3.8, 4) is 0 Å². The Kier molecular flexibility index (Phi) is 6.14. The van der Waals surface area contributed by atoms with Gasteiger partial charge in [-0.1, -0.05) is 15.9 Å². The van der Waals surface area contributed by atoms with Gasteiger partial charge < -0.3 is 5.32 Å². The maximum absolute atomic E-state index is 12.7. The summed E-state index contributed by atoms with van der Waals surface area (Å²) < 4.78 is 61.9. The topological polar surface area (TPSA) is 29.1 Å². The van der Waals surface area contributed by atoms with E-state index >= 15 is 0 Å². The summed E-state index contributed by atoms with van der Waals surface area (Å²) in [4.78, 5) is 11.7. The van der Waals surface area contributed by atoms with Crippen LogP contribution in [0, 0.1) is 0 Å². The van der Waals surface area contributed by atoms with E-state index in [0.29, 0.717) is 0 Å². The number of benzene rings is 1. The number of hydrogen-bond donors (Lipinski definition) is 1. The molecule has 0 unspecified atom stereocenters. The summed E-state index contributed by atoms with van der Waals surface area (Å²) >= 11 is 4.50. The zero-order valence-electron chi connectivity index (χ0n) is 10.1. The Morgan fingerprint density at radius 3 is 2.19 bits per heavy atom. The SMILES string of the molecule is O=C(NCC(I)=CC(F)(F)C(F)(F)F)c1ccc(Br)cc1. The second-order valence-corrected chi connectivity index (χ2v) is 6.20. The first-order valence-electron chi connectivity index (χ1n) is 5.38. The predicted octanol–water partition coefficient (Wildman–Crippen LogP) is 4.70. The molecule has 0 atom stereocenters. The van der Waals surface area contributed by atoms with Crippen molar-refractivity contribution in [3.63, 3.8) is 0 Å². The lowest BCUT2D eigenvalue weighted by Crippen LogP contribution is -2.35. The average Bonchev–Trinajstić information content (AvgIpc) is 2.35. The Labute approximate surface area is 139 Å². The van der Waals surface area contributed by atoms with Crippen LogP contribution in [-0.2, 0) is 0 Å². The third kappa shape index (κ3) is 5.53. The van der Waals surface area contributed by atoms with Crippen LogP contribution in [-0.4, -0.2) is 24.6 Å². The van der Waals surface area contributed by atoms with Crippen molar-refractivity contribution in [2.24, 2.45) is 0 Å². The summed E-state index contributed by atoms with van der Waals surface area (Å²) in [7, 11) is 0. The second-order valence-electron chi connectivity index (χ2n) is 3.90. The molecule has 1 aromatic rings. The number of halogens is 7. The lowest BCUT2D eigenvalue weighted by atomic mass is 10.2. The molecule has 21 heavy (non-hydrogen) atoms. The first kappa shape index (κ1) is 18.3. The average molecular weight is 484 g/mol. The van der Waals surface area contributed by atoms with Gasteiger partial charge in [0.15, 0.2) is 0 Å². The van der Waals surface area contributed by atoms with Crippen LogP contribution >= 0.6 is 38.5 Å². The number of nitrogens with one attached hydrogen (secondary N) is 1. The molecule has 0 heterocycles. The second kappa shape index (κ2) is 7.03. The maximum Gasteiger partial charge on any atom is 0.457 e. The molecule has 0 bridgehead atoms. The van der Waals surface area contributed by atoms with Gasteiger partial charge in [-0.2, -0.15) is 22.0 Å². The van der Waals surface area contributed by atoms with E-state index in [1.54, 1.807) is 12.1 Å². The van der Waals surface area contributed by atoms with Crippen LogP contribution in [0.25, 0.3) is 0 Å². The van der Waals surface area contributed by atoms with Crippen molar-refractivity contribution in [2.45, 2.75) is 12.1 Å². The molecular formula is C12H8BrF5INO. The fourth-order valence-electron chi connectivity index (χ4n) is 1.20. The number of alkyl halides is 5. The van der Waals surface area contributed by atoms with Gasteiger partial charge >= 0.3 is 12.1 Å². The highest BCUT2D eigenvalue weighted by atomic mass is 127. The van der Waals surface area contributed by atoms with E-state index in [2.05, 4.69) is 21.2 Å². The van der Waals surface area contributed by atoms with E-state index in [1.807, 2.05) is 0 Å². The van der Waals surface area contributed by atoms with Crippen LogP contribution in [0.4, 0.5) is 22.0 Å². The van der Waals surface area contributed by atoms with Gasteiger partial charge in [-0.25, -0.2) is 0 Å². The molecule has 2 nitrogen and oxygen atoms in total. The van der Waals surface area contributed by atoms with Crippen LogP contribution in [0.3, 0.4) is 0 Å². The van der Waals surface area contributed by atoms with Crippen molar-refractivity contribution in [3.05, 3.63) is 44.0 Å². The summed E-state index contributed by atoms with van der Waals surface area (Å²) in [6.45, 7) is -0.416. The molecule has 0 aromatic heterocycles. The first-order valence-corrected chi connectivity index (χ1v) is 7.25. The van der Waals surface area contributed by atoms with Gasteiger partial charge in [0.25, 0.3) is 5.91 Å². The van der Waals surface area contributed by atoms with Gasteiger partial charge in [0, 0.05) is 26.2 Å². The molecule has 1 amide bonds. The van der Waals surface area contributed by atoms with Crippen LogP contribution < -0.4 is 5.32 Å². The monoisotopic (exact) mass is 483 g/mol. The molecule has 9 heteroatoms. The minimum Gasteiger partial charge on any atom is -0.348 e. The molecular weight excluding hydrogens is 476 g/mol. The molecule has 0 aliphatic heterocycles. The minimum atomic E-state index is -5.65. The van der Waals surface area contributed by atoms with Crippen LogP contribution in [0.15, 0.2) is 38.4 Å². The number of carbonyl (C=O) groups excluding carboxylic acids is 1. The lowest BCUT2D eigenvalue weighted by Gasteiger charge is -2.16. The quantitative estimate of drug-likeness (QED) is 0.488. The molecule has 0 aliphatic carbocycles. The van der Waals surface area contributed by atoms with Crippen LogP contribution in [0.1, 0.15) is 10.4 Å². The Morgan fingerprint density at radius 2 is 1.71 bits per heavy atom. The zero-order valence-corrected chi connectivity index (χ0v) is 13.9. The van der Waals surface area contributed by atoms with Crippen molar-refractivity contribution in [2.75, 3.05) is 6.54 Å². The highest BCUT2D eigenvalue weighted by Gasteiger charge is 2.55. The van der Waals surface area contributed by atoms with Gasteiger partial charge in [-0.05, 0) is 46.9 Å². The molecule has 116 valence electrons. The van der Waals surface area contributed by atoms with E-state index in [-0.39, 0.29) is 15.2 Å². The number of allylic oxidation sites excluding steroid dienone is 1. The Hall–Kier alpha value is -0.710. The van der Waals surface area contributed by atoms with Crippen molar-refractivity contribution >= 4 is 44.4 Å². The largest absolute Gasteiger partial charge is 0.457 e. The minimum absolute atomic E-state index is 0.213. The summed E-state index contributed by atoms with van der Waals surface area (Å²) in [6.07, 6.45) is -5.87. The summed E-state index contributed by atoms with van der Waals surface area (Å²) in [5, 5.41) is 2.26. The van der Waals surface area contributed by atoms with E-state index in [1.165, 1.54) is 34.7 Å². The molecule has 0 saturated heterocycles. The highest BCUT2D eigenvalue weighted by molar-refractivity contribution is 14.1. The van der Waals surface area contributed by atoms with Crippen molar-refractivity contribution in [1.29, 1.82) is 0 Å². The van der Waals surface area contributed by atoms with Crippen molar-refractivity contribution in [1.82, 2.24) is 5.32 Å². The Morgan fingerprint density at radius 1 is 1.19 bits per heavy atom. The number of hydrogen-bond acceptors (Lipinski definition) is 1. The van der Waals surface area contributed by atoms with Crippen LogP contribution in [0.5, 0.6) is 0 Å². The van der Waals surface area contributed by atoms with E-state index in [4.69, 9.17) is 0 Å². The zero-order chi connectivity index (χ0) is 16.3. The molecule has 0 saturated carbocycles. The molecule has 0 fully saturated rings. The molecule has 0 aliphatic rings. The number of rotatable bonds is 4. The fourth-order valence-corrected chi connectivity index (χ4v) is 2.04. The van der Waals surface area contributed by atoms with Gasteiger partial charge in [0.1, 0.15) is 0 Å². The fraction of sp³-hybridized carbons (Fsp3) is 0.250. The summed E-state index contributed by atoms with van der Waals surface area (Å²) in [5.41, 5.74) is 0.269. The van der Waals surface area contributed by atoms with E-state index in [0.717, 1.165) is 4.47 Å². The molecule has 1 rings (SSSR count). The molecule has 1 aromatic carbocycles. The van der Waals surface area contributed by atoms with E-state index in [9.17, 15) is 26.7 Å². The number of carbonyl (C=O) groups is 1. The third-order valence-electron chi connectivity index (χ3n) is 2.24. The molecule has 1 N–H and O–H groups in total. The van der Waals surface area contributed by atoms with Gasteiger partial charge in [0.2, 0.25) is 0 Å². The first-order chi connectivity index (χ1) is 9.53. The van der Waals surface area contributed by atoms with Gasteiger partial charge in [-0.3, -0.25) is 4.79 Å². The van der Waals surface area contributed by atoms with Crippen molar-refractivity contribution < 1.29 is 26.7 Å². The third-order valence-corrected chi connectivity index (χ3v) is 3.46. The maximum atomic E-state index is 12.7. The van der Waals surface area contributed by atoms with Gasteiger partial charge in [-0.15, -0.1) is 0 Å². The normalized spacial score (nSPS) is 13.2. The lowest BCUT2D eigenvalue weighted by molar-refractivity contribution is -0.259. The van der Waals surface area contributed by atoms with Crippen LogP contribution in [0.2, 0.25) is 0 Å². The summed E-state index contributed by atoms with van der Waals surface area (Å²) in [5.74, 6) is -5.49. The number of amides is 1. The summed E-state index contributed by atoms with van der Waals surface area (Å²) in [6, 6.07) is 6.18. The Bertz CT molecular complexity index is 542. The Balaban J connectivity index is 2.66. The van der Waals surface area contributed by atoms with E-state index < -0.39 is 24.6 Å². The predicted molar refractivity (Wildman–Crippen MR) is 79.6 cm³/mol. The standard InChI is InChI=1S/C12H8BrF5INO/c13-8-3-1-7(2-4-8)10(21)20-6-9(19)5-11(14,15)12(16,17)18/h1-5H,6H2,(H,20,21).